The van der Waals surface area contributed by atoms with Crippen LogP contribution in [0, 0.1) is 5.92 Å². The third-order valence-electron chi connectivity index (χ3n) is 2.12. The molecule has 0 radical (unpaired) electrons. The van der Waals surface area contributed by atoms with Gasteiger partial charge in [-0.05, 0) is 23.5 Å². The van der Waals surface area contributed by atoms with Gasteiger partial charge < -0.3 is 9.53 Å². The highest BCUT2D eigenvalue weighted by Gasteiger charge is 1.98. The van der Waals surface area contributed by atoms with E-state index in [0.717, 1.165) is 18.3 Å². The van der Waals surface area contributed by atoms with E-state index in [9.17, 15) is 4.79 Å². The van der Waals surface area contributed by atoms with Crippen molar-refractivity contribution in [3.63, 3.8) is 0 Å². The molecule has 0 atom stereocenters. The van der Waals surface area contributed by atoms with E-state index in [2.05, 4.69) is 38.1 Å². The molecule has 0 spiro atoms. The van der Waals surface area contributed by atoms with Gasteiger partial charge in [-0.15, -0.1) is 0 Å². The Morgan fingerprint density at radius 2 is 1.80 bits per heavy atom. The van der Waals surface area contributed by atoms with Gasteiger partial charge in [0, 0.05) is 0 Å². The fourth-order valence-corrected chi connectivity index (χ4v) is 1.47. The lowest BCUT2D eigenvalue weighted by atomic mass is 10.0. The van der Waals surface area contributed by atoms with Crippen LogP contribution >= 0.6 is 0 Å². The predicted molar refractivity (Wildman–Crippen MR) is 60.7 cm³/mol. The van der Waals surface area contributed by atoms with E-state index in [1.54, 1.807) is 0 Å². The molecule has 0 saturated heterocycles. The summed E-state index contributed by atoms with van der Waals surface area (Å²) in [6.07, 6.45) is 1.88. The van der Waals surface area contributed by atoms with E-state index in [4.69, 9.17) is 4.74 Å². The van der Waals surface area contributed by atoms with E-state index in [1.807, 2.05) is 0 Å². The molecule has 0 bridgehead atoms. The molecule has 0 aliphatic heterocycles. The normalized spacial score (nSPS) is 10.6. The zero-order chi connectivity index (χ0) is 11.1. The smallest absolute Gasteiger partial charge is 0.145 e. The summed E-state index contributed by atoms with van der Waals surface area (Å²) in [6.45, 7) is 5.11. The lowest BCUT2D eigenvalue weighted by molar-refractivity contribution is -0.112. The molecule has 0 unspecified atom stereocenters. The molecule has 0 amide bonds. The second-order valence-electron chi connectivity index (χ2n) is 4.10. The van der Waals surface area contributed by atoms with E-state index in [-0.39, 0.29) is 6.61 Å². The highest BCUT2D eigenvalue weighted by molar-refractivity contribution is 5.50. The number of carbonyl (C=O) groups is 1. The zero-order valence-corrected chi connectivity index (χ0v) is 9.40. The zero-order valence-electron chi connectivity index (χ0n) is 9.40. The minimum atomic E-state index is 0.174. The van der Waals surface area contributed by atoms with Gasteiger partial charge in [0.25, 0.3) is 0 Å². The topological polar surface area (TPSA) is 26.3 Å². The van der Waals surface area contributed by atoms with Gasteiger partial charge in [0.1, 0.15) is 12.9 Å². The monoisotopic (exact) mass is 206 g/mol. The quantitative estimate of drug-likeness (QED) is 0.528. The number of ether oxygens (including phenoxy) is 1. The van der Waals surface area contributed by atoms with Crippen LogP contribution in [0.25, 0.3) is 0 Å². The Kier molecular flexibility index (Phi) is 5.05. The summed E-state index contributed by atoms with van der Waals surface area (Å²) in [5.74, 6) is 0.683. The summed E-state index contributed by atoms with van der Waals surface area (Å²) in [7, 11) is 0. The van der Waals surface area contributed by atoms with Crippen molar-refractivity contribution in [3.05, 3.63) is 35.4 Å². The third kappa shape index (κ3) is 4.75. The molecule has 1 aromatic carbocycles. The van der Waals surface area contributed by atoms with E-state index in [0.29, 0.717) is 12.5 Å². The van der Waals surface area contributed by atoms with Gasteiger partial charge in [-0.3, -0.25) is 0 Å². The molecule has 2 nitrogen and oxygen atoms in total. The highest BCUT2D eigenvalue weighted by Crippen LogP contribution is 2.10. The molecule has 0 aromatic heterocycles. The van der Waals surface area contributed by atoms with Crippen molar-refractivity contribution in [1.29, 1.82) is 0 Å². The minimum absolute atomic E-state index is 0.174. The fourth-order valence-electron chi connectivity index (χ4n) is 1.47. The third-order valence-corrected chi connectivity index (χ3v) is 2.12. The molecule has 0 aliphatic carbocycles. The minimum Gasteiger partial charge on any atom is -0.369 e. The lowest BCUT2D eigenvalue weighted by Gasteiger charge is -2.06. The van der Waals surface area contributed by atoms with Crippen molar-refractivity contribution >= 4 is 6.29 Å². The van der Waals surface area contributed by atoms with Gasteiger partial charge in [-0.2, -0.15) is 0 Å². The van der Waals surface area contributed by atoms with Crippen molar-refractivity contribution in [2.24, 2.45) is 5.92 Å². The molecular weight excluding hydrogens is 188 g/mol. The molecule has 0 N–H and O–H groups in total. The SMILES string of the molecule is CC(C)Cc1ccc(COCC=O)cc1. The van der Waals surface area contributed by atoms with Crippen LogP contribution in [-0.2, 0) is 22.6 Å². The molecule has 0 aliphatic rings. The van der Waals surface area contributed by atoms with Crippen LogP contribution in [0.5, 0.6) is 0 Å². The Hall–Kier alpha value is -1.15. The van der Waals surface area contributed by atoms with Crippen LogP contribution in [0.2, 0.25) is 0 Å². The van der Waals surface area contributed by atoms with E-state index in [1.165, 1.54) is 5.56 Å². The summed E-state index contributed by atoms with van der Waals surface area (Å²) in [5.41, 5.74) is 2.47. The summed E-state index contributed by atoms with van der Waals surface area (Å²) in [5, 5.41) is 0. The summed E-state index contributed by atoms with van der Waals surface area (Å²) in [4.78, 5) is 10.0. The van der Waals surface area contributed by atoms with Crippen molar-refractivity contribution in [1.82, 2.24) is 0 Å². The van der Waals surface area contributed by atoms with Crippen LogP contribution in [0.1, 0.15) is 25.0 Å². The Morgan fingerprint density at radius 1 is 1.20 bits per heavy atom. The lowest BCUT2D eigenvalue weighted by Crippen LogP contribution is -1.97. The molecule has 82 valence electrons. The first kappa shape index (κ1) is 11.9. The van der Waals surface area contributed by atoms with E-state index >= 15 is 0 Å². The van der Waals surface area contributed by atoms with Gasteiger partial charge >= 0.3 is 0 Å². The Morgan fingerprint density at radius 3 is 2.33 bits per heavy atom. The first-order valence-electron chi connectivity index (χ1n) is 5.31. The van der Waals surface area contributed by atoms with Crippen LogP contribution in [0.4, 0.5) is 0 Å². The first-order chi connectivity index (χ1) is 7.22. The van der Waals surface area contributed by atoms with Gasteiger partial charge in [-0.1, -0.05) is 38.1 Å². The highest BCUT2D eigenvalue weighted by atomic mass is 16.5. The molecule has 0 fully saturated rings. The molecule has 1 rings (SSSR count). The number of hydrogen-bond donors (Lipinski definition) is 0. The number of rotatable bonds is 6. The Bertz CT molecular complexity index is 288. The number of hydrogen-bond acceptors (Lipinski definition) is 2. The van der Waals surface area contributed by atoms with Crippen molar-refractivity contribution in [2.45, 2.75) is 26.9 Å². The van der Waals surface area contributed by atoms with Crippen LogP contribution < -0.4 is 0 Å². The fraction of sp³-hybridized carbons (Fsp3) is 0.462. The van der Waals surface area contributed by atoms with Gasteiger partial charge in [0.05, 0.1) is 6.61 Å². The number of carbonyl (C=O) groups excluding carboxylic acids is 1. The second kappa shape index (κ2) is 6.36. The van der Waals surface area contributed by atoms with Gasteiger partial charge in [0.2, 0.25) is 0 Å². The van der Waals surface area contributed by atoms with Gasteiger partial charge in [-0.25, -0.2) is 0 Å². The molecule has 0 heterocycles. The predicted octanol–water partition coefficient (Wildman–Crippen LogP) is 2.60. The number of aldehydes is 1. The molecule has 2 heteroatoms. The first-order valence-corrected chi connectivity index (χ1v) is 5.31. The number of benzene rings is 1. The average Bonchev–Trinajstić information content (AvgIpc) is 2.20. The Labute approximate surface area is 91.3 Å². The summed E-state index contributed by atoms with van der Waals surface area (Å²) in [6, 6.07) is 8.37. The van der Waals surface area contributed by atoms with Crippen molar-refractivity contribution in [3.8, 4) is 0 Å². The average molecular weight is 206 g/mol. The van der Waals surface area contributed by atoms with Crippen molar-refractivity contribution < 1.29 is 9.53 Å². The van der Waals surface area contributed by atoms with Crippen molar-refractivity contribution in [2.75, 3.05) is 6.61 Å². The molecular formula is C13H18O2. The molecule has 0 saturated carbocycles. The molecule has 1 aromatic rings. The van der Waals surface area contributed by atoms with Gasteiger partial charge in [0.15, 0.2) is 0 Å². The second-order valence-corrected chi connectivity index (χ2v) is 4.10. The largest absolute Gasteiger partial charge is 0.369 e. The van der Waals surface area contributed by atoms with Crippen LogP contribution in [-0.4, -0.2) is 12.9 Å². The standard InChI is InChI=1S/C13H18O2/c1-11(2)9-12-3-5-13(6-4-12)10-15-8-7-14/h3-7,11H,8-10H2,1-2H3. The summed E-state index contributed by atoms with van der Waals surface area (Å²) >= 11 is 0. The van der Waals surface area contributed by atoms with Crippen LogP contribution in [0.15, 0.2) is 24.3 Å². The maximum atomic E-state index is 10.0. The maximum absolute atomic E-state index is 10.0. The maximum Gasteiger partial charge on any atom is 0.145 e. The van der Waals surface area contributed by atoms with E-state index < -0.39 is 0 Å². The molecule has 15 heavy (non-hydrogen) atoms. The van der Waals surface area contributed by atoms with Crippen LogP contribution in [0.3, 0.4) is 0 Å². The Balaban J connectivity index is 2.45. The summed E-state index contributed by atoms with van der Waals surface area (Å²) < 4.78 is 5.12.